The fraction of sp³-hybridized carbons (Fsp3) is 0.579. The Kier molecular flexibility index (Phi) is 5.27. The highest BCUT2D eigenvalue weighted by molar-refractivity contribution is 5.89. The Labute approximate surface area is 148 Å². The van der Waals surface area contributed by atoms with Gasteiger partial charge in [-0.1, -0.05) is 12.1 Å². The lowest BCUT2D eigenvalue weighted by Gasteiger charge is -2.38. The molecular formula is C19H26N2O4. The summed E-state index contributed by atoms with van der Waals surface area (Å²) < 4.78 is 10.8. The van der Waals surface area contributed by atoms with E-state index in [2.05, 4.69) is 17.4 Å². The van der Waals surface area contributed by atoms with Crippen LogP contribution in [0.3, 0.4) is 0 Å². The van der Waals surface area contributed by atoms with Crippen LogP contribution in [0.25, 0.3) is 0 Å². The molecule has 1 aromatic carbocycles. The molecule has 3 rings (SSSR count). The van der Waals surface area contributed by atoms with Crippen LogP contribution in [0.2, 0.25) is 0 Å². The Bertz CT molecular complexity index is 623. The molecule has 1 atom stereocenters. The standard InChI is InChI=1S/C19H26N2O4/c1-21-12-14(11-17(21)22)18(23)20-13-19(7-9-25-10-8-19)15-3-5-16(24-2)6-4-15/h3-6,14H,7-13H2,1-2H3,(H,20,23)/t14-/m1/s1. The molecule has 2 fully saturated rings. The van der Waals surface area contributed by atoms with Crippen molar-refractivity contribution in [2.45, 2.75) is 24.7 Å². The van der Waals surface area contributed by atoms with Gasteiger partial charge in [0.25, 0.3) is 0 Å². The monoisotopic (exact) mass is 346 g/mol. The number of nitrogens with zero attached hydrogens (tertiary/aromatic N) is 1. The van der Waals surface area contributed by atoms with Gasteiger partial charge < -0.3 is 19.7 Å². The number of ether oxygens (including phenoxy) is 2. The van der Waals surface area contributed by atoms with Gasteiger partial charge >= 0.3 is 0 Å². The summed E-state index contributed by atoms with van der Waals surface area (Å²) in [5.74, 6) is 0.584. The van der Waals surface area contributed by atoms with Gasteiger partial charge in [0, 0.05) is 45.2 Å². The van der Waals surface area contributed by atoms with Gasteiger partial charge in [0.05, 0.1) is 13.0 Å². The van der Waals surface area contributed by atoms with E-state index in [1.54, 1.807) is 19.1 Å². The summed E-state index contributed by atoms with van der Waals surface area (Å²) in [4.78, 5) is 25.8. The van der Waals surface area contributed by atoms with Crippen LogP contribution in [0, 0.1) is 5.92 Å². The summed E-state index contributed by atoms with van der Waals surface area (Å²) in [6, 6.07) is 8.06. The minimum Gasteiger partial charge on any atom is -0.497 e. The van der Waals surface area contributed by atoms with Gasteiger partial charge in [0.15, 0.2) is 0 Å². The molecule has 0 aromatic heterocycles. The summed E-state index contributed by atoms with van der Waals surface area (Å²) in [5, 5.41) is 3.10. The Morgan fingerprint density at radius 3 is 2.56 bits per heavy atom. The molecule has 2 aliphatic rings. The largest absolute Gasteiger partial charge is 0.497 e. The highest BCUT2D eigenvalue weighted by Crippen LogP contribution is 2.35. The van der Waals surface area contributed by atoms with Gasteiger partial charge in [-0.25, -0.2) is 0 Å². The van der Waals surface area contributed by atoms with Gasteiger partial charge in [-0.3, -0.25) is 9.59 Å². The van der Waals surface area contributed by atoms with Crippen LogP contribution in [0.5, 0.6) is 5.75 Å². The maximum Gasteiger partial charge on any atom is 0.225 e. The van der Waals surface area contributed by atoms with Crippen molar-refractivity contribution in [2.75, 3.05) is 40.5 Å². The van der Waals surface area contributed by atoms with Crippen molar-refractivity contribution in [3.8, 4) is 5.75 Å². The summed E-state index contributed by atoms with van der Waals surface area (Å²) in [7, 11) is 3.40. The van der Waals surface area contributed by atoms with Crippen LogP contribution in [0.4, 0.5) is 0 Å². The molecule has 6 nitrogen and oxygen atoms in total. The van der Waals surface area contributed by atoms with Crippen LogP contribution in [-0.4, -0.2) is 57.2 Å². The van der Waals surface area contributed by atoms with Gasteiger partial charge in [-0.15, -0.1) is 0 Å². The van der Waals surface area contributed by atoms with Gasteiger partial charge in [-0.05, 0) is 30.5 Å². The molecule has 0 aliphatic carbocycles. The fourth-order valence-corrected chi connectivity index (χ4v) is 3.71. The van der Waals surface area contributed by atoms with Crippen LogP contribution in [0.15, 0.2) is 24.3 Å². The predicted octanol–water partition coefficient (Wildman–Crippen LogP) is 1.34. The maximum atomic E-state index is 12.5. The quantitative estimate of drug-likeness (QED) is 0.874. The van der Waals surface area contributed by atoms with Crippen LogP contribution in [0.1, 0.15) is 24.8 Å². The van der Waals surface area contributed by atoms with E-state index in [9.17, 15) is 9.59 Å². The molecule has 2 amide bonds. The highest BCUT2D eigenvalue weighted by atomic mass is 16.5. The first-order valence-electron chi connectivity index (χ1n) is 8.78. The first-order valence-corrected chi connectivity index (χ1v) is 8.78. The number of hydrogen-bond donors (Lipinski definition) is 1. The summed E-state index contributed by atoms with van der Waals surface area (Å²) in [5.41, 5.74) is 1.06. The zero-order valence-electron chi connectivity index (χ0n) is 14.9. The number of amides is 2. The summed E-state index contributed by atoms with van der Waals surface area (Å²) in [6.45, 7) is 2.44. The second kappa shape index (κ2) is 7.44. The first-order chi connectivity index (χ1) is 12.0. The molecule has 2 aliphatic heterocycles. The van der Waals surface area contributed by atoms with Crippen molar-refractivity contribution in [1.82, 2.24) is 10.2 Å². The number of benzene rings is 1. The van der Waals surface area contributed by atoms with E-state index in [4.69, 9.17) is 9.47 Å². The number of nitrogens with one attached hydrogen (secondary N) is 1. The zero-order chi connectivity index (χ0) is 17.9. The number of hydrogen-bond acceptors (Lipinski definition) is 4. The first kappa shape index (κ1) is 17.7. The van der Waals surface area contributed by atoms with E-state index in [0.29, 0.717) is 32.7 Å². The SMILES string of the molecule is COc1ccc(C2(CNC(=O)[C@@H]3CC(=O)N(C)C3)CCOCC2)cc1. The number of carbonyl (C=O) groups is 2. The second-order valence-electron chi connectivity index (χ2n) is 7.01. The van der Waals surface area contributed by atoms with Crippen LogP contribution in [-0.2, 0) is 19.7 Å². The van der Waals surface area contributed by atoms with E-state index in [1.807, 2.05) is 12.1 Å². The fourth-order valence-electron chi connectivity index (χ4n) is 3.71. The molecule has 0 bridgehead atoms. The summed E-state index contributed by atoms with van der Waals surface area (Å²) in [6.07, 6.45) is 2.03. The average Bonchev–Trinajstić information content (AvgIpc) is 2.99. The Morgan fingerprint density at radius 1 is 1.32 bits per heavy atom. The second-order valence-corrected chi connectivity index (χ2v) is 7.01. The third-order valence-electron chi connectivity index (χ3n) is 5.47. The molecule has 1 N–H and O–H groups in total. The van der Waals surface area contributed by atoms with E-state index in [-0.39, 0.29) is 23.1 Å². The number of methoxy groups -OCH3 is 1. The molecule has 2 saturated heterocycles. The molecule has 2 heterocycles. The minimum atomic E-state index is -0.245. The van der Waals surface area contributed by atoms with E-state index in [1.165, 1.54) is 5.56 Å². The lowest BCUT2D eigenvalue weighted by atomic mass is 9.74. The topological polar surface area (TPSA) is 67.9 Å². The molecule has 0 saturated carbocycles. The molecule has 0 spiro atoms. The molecule has 6 heteroatoms. The normalized spacial score (nSPS) is 22.7. The third kappa shape index (κ3) is 3.79. The van der Waals surface area contributed by atoms with Crippen molar-refractivity contribution < 1.29 is 19.1 Å². The van der Waals surface area contributed by atoms with Crippen molar-refractivity contribution >= 4 is 11.8 Å². The lowest BCUT2D eigenvalue weighted by molar-refractivity contribution is -0.128. The molecular weight excluding hydrogens is 320 g/mol. The number of likely N-dealkylation sites (tertiary alicyclic amines) is 1. The Hall–Kier alpha value is -2.08. The van der Waals surface area contributed by atoms with E-state index < -0.39 is 0 Å². The van der Waals surface area contributed by atoms with Crippen LogP contribution < -0.4 is 10.1 Å². The van der Waals surface area contributed by atoms with Crippen molar-refractivity contribution in [1.29, 1.82) is 0 Å². The van der Waals surface area contributed by atoms with Gasteiger partial charge in [0.1, 0.15) is 5.75 Å². The van der Waals surface area contributed by atoms with E-state index in [0.717, 1.165) is 18.6 Å². The third-order valence-corrected chi connectivity index (χ3v) is 5.47. The highest BCUT2D eigenvalue weighted by Gasteiger charge is 2.37. The summed E-state index contributed by atoms with van der Waals surface area (Å²) >= 11 is 0. The minimum absolute atomic E-state index is 0.0305. The van der Waals surface area contributed by atoms with E-state index >= 15 is 0 Å². The van der Waals surface area contributed by atoms with Gasteiger partial charge in [0.2, 0.25) is 11.8 Å². The van der Waals surface area contributed by atoms with Gasteiger partial charge in [-0.2, -0.15) is 0 Å². The predicted molar refractivity (Wildman–Crippen MR) is 93.5 cm³/mol. The molecule has 0 unspecified atom stereocenters. The molecule has 0 radical (unpaired) electrons. The van der Waals surface area contributed by atoms with Crippen molar-refractivity contribution in [2.24, 2.45) is 5.92 Å². The van der Waals surface area contributed by atoms with Crippen molar-refractivity contribution in [3.63, 3.8) is 0 Å². The molecule has 1 aromatic rings. The van der Waals surface area contributed by atoms with Crippen molar-refractivity contribution in [3.05, 3.63) is 29.8 Å². The smallest absolute Gasteiger partial charge is 0.225 e. The average molecular weight is 346 g/mol. The Morgan fingerprint density at radius 2 is 2.00 bits per heavy atom. The Balaban J connectivity index is 1.70. The number of rotatable bonds is 5. The molecule has 25 heavy (non-hydrogen) atoms. The maximum absolute atomic E-state index is 12.5. The number of carbonyl (C=O) groups excluding carboxylic acids is 2. The van der Waals surface area contributed by atoms with Crippen LogP contribution >= 0.6 is 0 Å². The zero-order valence-corrected chi connectivity index (χ0v) is 14.9. The molecule has 136 valence electrons. The lowest BCUT2D eigenvalue weighted by Crippen LogP contribution is -2.46.